The Morgan fingerprint density at radius 2 is 1.90 bits per heavy atom. The number of halogens is 5. The second-order valence-corrected chi connectivity index (χ2v) is 5.34. The predicted octanol–water partition coefficient (Wildman–Crippen LogP) is 5.57. The lowest BCUT2D eigenvalue weighted by Gasteiger charge is -2.12. The van der Waals surface area contributed by atoms with Crippen LogP contribution in [0.15, 0.2) is 34.8 Å². The molecular formula is C13H9BrClF3N2. The highest BCUT2D eigenvalue weighted by molar-refractivity contribution is 9.10. The average molecular weight is 366 g/mol. The molecule has 0 aliphatic carbocycles. The fourth-order valence-electron chi connectivity index (χ4n) is 1.55. The maximum absolute atomic E-state index is 12.7. The third kappa shape index (κ3) is 3.43. The summed E-state index contributed by atoms with van der Waals surface area (Å²) in [5.41, 5.74) is 0.118. The Kier molecular flexibility index (Phi) is 4.25. The number of aryl methyl sites for hydroxylation is 1. The van der Waals surface area contributed by atoms with Gasteiger partial charge in [-0.1, -0.05) is 11.6 Å². The number of nitrogens with one attached hydrogen (secondary N) is 1. The van der Waals surface area contributed by atoms with Crippen LogP contribution in [0.5, 0.6) is 0 Å². The Bertz CT molecular complexity index is 644. The van der Waals surface area contributed by atoms with Crippen molar-refractivity contribution in [1.29, 1.82) is 0 Å². The van der Waals surface area contributed by atoms with Gasteiger partial charge in [0.05, 0.1) is 22.0 Å². The highest BCUT2D eigenvalue weighted by Gasteiger charge is 2.31. The molecule has 7 heteroatoms. The first-order valence-electron chi connectivity index (χ1n) is 5.54. The molecule has 2 rings (SSSR count). The van der Waals surface area contributed by atoms with Crippen LogP contribution >= 0.6 is 27.5 Å². The number of hydrogen-bond acceptors (Lipinski definition) is 2. The minimum Gasteiger partial charge on any atom is -0.339 e. The Hall–Kier alpha value is -1.27. The van der Waals surface area contributed by atoms with Crippen molar-refractivity contribution in [2.45, 2.75) is 13.1 Å². The third-order valence-corrected chi connectivity index (χ3v) is 3.75. The number of alkyl halides is 3. The molecule has 0 spiro atoms. The van der Waals surface area contributed by atoms with Crippen LogP contribution < -0.4 is 5.32 Å². The molecule has 1 aromatic heterocycles. The molecule has 0 aliphatic heterocycles. The Labute approximate surface area is 127 Å². The van der Waals surface area contributed by atoms with Gasteiger partial charge in [0.2, 0.25) is 0 Å². The molecule has 0 unspecified atom stereocenters. The second kappa shape index (κ2) is 5.61. The molecule has 0 radical (unpaired) electrons. The summed E-state index contributed by atoms with van der Waals surface area (Å²) in [5, 5.41) is 2.98. The smallest absolute Gasteiger partial charge is 0.339 e. The molecule has 0 bridgehead atoms. The zero-order valence-corrected chi connectivity index (χ0v) is 12.6. The lowest BCUT2D eigenvalue weighted by Crippen LogP contribution is -2.06. The Morgan fingerprint density at radius 1 is 1.20 bits per heavy atom. The molecular weight excluding hydrogens is 357 g/mol. The van der Waals surface area contributed by atoms with Crippen LogP contribution in [0.25, 0.3) is 0 Å². The maximum Gasteiger partial charge on any atom is 0.416 e. The molecule has 1 heterocycles. The molecule has 0 amide bonds. The molecule has 0 aliphatic rings. The van der Waals surface area contributed by atoms with Crippen molar-refractivity contribution in [1.82, 2.24) is 4.98 Å². The molecule has 0 saturated carbocycles. The van der Waals surface area contributed by atoms with Gasteiger partial charge in [0.15, 0.2) is 0 Å². The number of nitrogens with zero attached hydrogens (tertiary/aromatic N) is 1. The topological polar surface area (TPSA) is 24.9 Å². The fourth-order valence-corrected chi connectivity index (χ4v) is 1.93. The van der Waals surface area contributed by atoms with Gasteiger partial charge in [0.1, 0.15) is 5.82 Å². The molecule has 0 saturated heterocycles. The van der Waals surface area contributed by atoms with Crippen LogP contribution in [0.3, 0.4) is 0 Å². The van der Waals surface area contributed by atoms with Gasteiger partial charge in [0.25, 0.3) is 0 Å². The van der Waals surface area contributed by atoms with E-state index in [2.05, 4.69) is 26.2 Å². The van der Waals surface area contributed by atoms with Crippen LogP contribution in [0.1, 0.15) is 11.3 Å². The van der Waals surface area contributed by atoms with Gasteiger partial charge in [-0.25, -0.2) is 4.98 Å². The van der Waals surface area contributed by atoms with Crippen molar-refractivity contribution in [3.63, 3.8) is 0 Å². The van der Waals surface area contributed by atoms with Gasteiger partial charge in [0, 0.05) is 4.47 Å². The van der Waals surface area contributed by atoms with Crippen molar-refractivity contribution in [2.75, 3.05) is 5.32 Å². The number of rotatable bonds is 2. The van der Waals surface area contributed by atoms with E-state index in [4.69, 9.17) is 11.6 Å². The van der Waals surface area contributed by atoms with Crippen molar-refractivity contribution in [2.24, 2.45) is 0 Å². The summed E-state index contributed by atoms with van der Waals surface area (Å²) in [6.07, 6.45) is -4.41. The van der Waals surface area contributed by atoms with Gasteiger partial charge in [-0.2, -0.15) is 13.2 Å². The van der Waals surface area contributed by atoms with E-state index in [1.807, 2.05) is 0 Å². The quantitative estimate of drug-likeness (QED) is 0.753. The Morgan fingerprint density at radius 3 is 2.50 bits per heavy atom. The van der Waals surface area contributed by atoms with Crippen LogP contribution in [-0.2, 0) is 6.18 Å². The van der Waals surface area contributed by atoms with Gasteiger partial charge >= 0.3 is 6.18 Å². The summed E-state index contributed by atoms with van der Waals surface area (Å²) in [7, 11) is 0. The first-order valence-corrected chi connectivity index (χ1v) is 6.71. The Balaban J connectivity index is 2.35. The standard InChI is InChI=1S/C13H9BrClF3N2/c1-7-9(14)3-5-12(19-7)20-11-6-8(13(16,17)18)2-4-10(11)15/h2-6H,1H3,(H,19,20). The number of hydrogen-bond donors (Lipinski definition) is 1. The summed E-state index contributed by atoms with van der Waals surface area (Å²) in [5.74, 6) is 0.423. The summed E-state index contributed by atoms with van der Waals surface area (Å²) in [4.78, 5) is 4.20. The van der Waals surface area contributed by atoms with E-state index in [0.717, 1.165) is 22.3 Å². The van der Waals surface area contributed by atoms with Gasteiger partial charge in [-0.05, 0) is 53.2 Å². The zero-order valence-electron chi connectivity index (χ0n) is 10.2. The van der Waals surface area contributed by atoms with E-state index in [1.54, 1.807) is 19.1 Å². The maximum atomic E-state index is 12.7. The van der Waals surface area contributed by atoms with Crippen molar-refractivity contribution < 1.29 is 13.2 Å². The highest BCUT2D eigenvalue weighted by Crippen LogP contribution is 2.34. The summed E-state index contributed by atoms with van der Waals surface area (Å²) in [6.45, 7) is 1.78. The molecule has 0 fully saturated rings. The van der Waals surface area contributed by atoms with E-state index < -0.39 is 11.7 Å². The van der Waals surface area contributed by atoms with Gasteiger partial charge < -0.3 is 5.32 Å². The van der Waals surface area contributed by atoms with Crippen molar-refractivity contribution in [3.05, 3.63) is 51.1 Å². The normalized spacial score (nSPS) is 11.5. The summed E-state index contributed by atoms with van der Waals surface area (Å²) < 4.78 is 38.8. The molecule has 0 atom stereocenters. The lowest BCUT2D eigenvalue weighted by atomic mass is 10.2. The van der Waals surface area contributed by atoms with Gasteiger partial charge in [-0.3, -0.25) is 0 Å². The zero-order chi connectivity index (χ0) is 14.9. The number of pyridine rings is 1. The number of aromatic nitrogens is 1. The average Bonchev–Trinajstić information content (AvgIpc) is 2.35. The lowest BCUT2D eigenvalue weighted by molar-refractivity contribution is -0.137. The molecule has 1 N–H and O–H groups in total. The minimum absolute atomic E-state index is 0.163. The molecule has 1 aromatic carbocycles. The number of anilines is 2. The predicted molar refractivity (Wildman–Crippen MR) is 76.4 cm³/mol. The monoisotopic (exact) mass is 364 g/mol. The second-order valence-electron chi connectivity index (χ2n) is 4.08. The van der Waals surface area contributed by atoms with Crippen LogP contribution in [0.4, 0.5) is 24.7 Å². The van der Waals surface area contributed by atoms with E-state index in [-0.39, 0.29) is 10.7 Å². The first-order chi connectivity index (χ1) is 9.27. The molecule has 2 nitrogen and oxygen atoms in total. The minimum atomic E-state index is -4.41. The van der Waals surface area contributed by atoms with Crippen molar-refractivity contribution in [3.8, 4) is 0 Å². The van der Waals surface area contributed by atoms with E-state index in [1.165, 1.54) is 6.07 Å². The molecule has 106 valence electrons. The molecule has 2 aromatic rings. The highest BCUT2D eigenvalue weighted by atomic mass is 79.9. The van der Waals surface area contributed by atoms with E-state index in [9.17, 15) is 13.2 Å². The SMILES string of the molecule is Cc1nc(Nc2cc(C(F)(F)F)ccc2Cl)ccc1Br. The summed E-state index contributed by atoms with van der Waals surface area (Å²) in [6, 6.07) is 6.51. The number of benzene rings is 1. The van der Waals surface area contributed by atoms with Crippen molar-refractivity contribution >= 4 is 39.0 Å². The van der Waals surface area contributed by atoms with Gasteiger partial charge in [-0.15, -0.1) is 0 Å². The first kappa shape index (κ1) is 15.1. The third-order valence-electron chi connectivity index (χ3n) is 2.58. The van der Waals surface area contributed by atoms with E-state index >= 15 is 0 Å². The fraction of sp³-hybridized carbons (Fsp3) is 0.154. The molecule has 20 heavy (non-hydrogen) atoms. The largest absolute Gasteiger partial charge is 0.416 e. The van der Waals surface area contributed by atoms with E-state index in [0.29, 0.717) is 5.82 Å². The van der Waals surface area contributed by atoms with Crippen LogP contribution in [-0.4, -0.2) is 4.98 Å². The van der Waals surface area contributed by atoms with Crippen LogP contribution in [0.2, 0.25) is 5.02 Å². The van der Waals surface area contributed by atoms with Crippen LogP contribution in [0, 0.1) is 6.92 Å². The summed E-state index contributed by atoms with van der Waals surface area (Å²) >= 11 is 9.20.